The number of halogens is 2. The summed E-state index contributed by atoms with van der Waals surface area (Å²) in [5, 5.41) is 18.7. The van der Waals surface area contributed by atoms with Crippen LogP contribution in [0.25, 0.3) is 0 Å². The van der Waals surface area contributed by atoms with Gasteiger partial charge in [-0.2, -0.15) is 0 Å². The number of nitrogens with zero attached hydrogens (tertiary/aromatic N) is 2. The van der Waals surface area contributed by atoms with E-state index >= 15 is 0 Å². The third-order valence-electron chi connectivity index (χ3n) is 7.35. The van der Waals surface area contributed by atoms with Crippen molar-refractivity contribution in [3.05, 3.63) is 89.5 Å². The van der Waals surface area contributed by atoms with Gasteiger partial charge in [-0.15, -0.1) is 24.8 Å². The fourth-order valence-electron chi connectivity index (χ4n) is 5.02. The average molecular weight is 644 g/mol. The molecule has 10 nitrogen and oxygen atoms in total. The Labute approximate surface area is 270 Å². The second kappa shape index (κ2) is 17.1. The lowest BCUT2D eigenvalue weighted by atomic mass is 9.89. The maximum Gasteiger partial charge on any atom is 0.343 e. The maximum absolute atomic E-state index is 13.2. The number of amides is 1. The summed E-state index contributed by atoms with van der Waals surface area (Å²) in [7, 11) is 1.30. The van der Waals surface area contributed by atoms with Crippen molar-refractivity contribution in [2.45, 2.75) is 32.2 Å². The van der Waals surface area contributed by atoms with Crippen molar-refractivity contribution < 1.29 is 19.1 Å². The van der Waals surface area contributed by atoms with Gasteiger partial charge in [0.1, 0.15) is 11.6 Å². The molecule has 0 radical (unpaired) electrons. The SMILES string of the molecule is COC(=O)COc1cccc(CN(CC(=O)Nc2ccc(C3CCN(C(C)=N)CC3)cc2)c2cccc(C(=N)N)c2)c1.Cl.Cl. The second-order valence-corrected chi connectivity index (χ2v) is 10.3. The van der Waals surface area contributed by atoms with E-state index in [4.69, 9.17) is 21.3 Å². The Kier molecular flexibility index (Phi) is 14.0. The fourth-order valence-corrected chi connectivity index (χ4v) is 5.02. The Hall–Kier alpha value is -4.28. The van der Waals surface area contributed by atoms with Crippen LogP contribution in [-0.4, -0.2) is 61.8 Å². The highest BCUT2D eigenvalue weighted by Crippen LogP contribution is 2.29. The molecule has 3 aromatic carbocycles. The molecule has 44 heavy (non-hydrogen) atoms. The van der Waals surface area contributed by atoms with Gasteiger partial charge in [-0.25, -0.2) is 4.79 Å². The third-order valence-corrected chi connectivity index (χ3v) is 7.35. The van der Waals surface area contributed by atoms with Crippen molar-refractivity contribution >= 4 is 59.7 Å². The van der Waals surface area contributed by atoms with Crippen LogP contribution in [0.15, 0.2) is 72.8 Å². The number of esters is 1. The summed E-state index contributed by atoms with van der Waals surface area (Å²) >= 11 is 0. The molecule has 5 N–H and O–H groups in total. The fraction of sp³-hybridized carbons (Fsp3) is 0.312. The van der Waals surface area contributed by atoms with Crippen molar-refractivity contribution in [1.29, 1.82) is 10.8 Å². The first kappa shape index (κ1) is 35.9. The van der Waals surface area contributed by atoms with Gasteiger partial charge in [0.05, 0.1) is 19.5 Å². The molecule has 0 saturated carbocycles. The molecule has 1 heterocycles. The lowest BCUT2D eigenvalue weighted by Gasteiger charge is -2.33. The first-order valence-electron chi connectivity index (χ1n) is 13.9. The molecule has 1 aliphatic heterocycles. The van der Waals surface area contributed by atoms with Gasteiger partial charge in [0, 0.05) is 36.6 Å². The number of benzene rings is 3. The van der Waals surface area contributed by atoms with Crippen LogP contribution in [0.5, 0.6) is 5.75 Å². The predicted molar refractivity (Wildman–Crippen MR) is 179 cm³/mol. The molecular weight excluding hydrogens is 603 g/mol. The van der Waals surface area contributed by atoms with Crippen LogP contribution in [0.4, 0.5) is 11.4 Å². The predicted octanol–water partition coefficient (Wildman–Crippen LogP) is 5.19. The van der Waals surface area contributed by atoms with Crippen molar-refractivity contribution in [2.24, 2.45) is 5.73 Å². The molecule has 0 aromatic heterocycles. The third kappa shape index (κ3) is 10.2. The van der Waals surface area contributed by atoms with E-state index in [0.29, 0.717) is 35.3 Å². The van der Waals surface area contributed by atoms with E-state index in [1.165, 1.54) is 12.7 Å². The van der Waals surface area contributed by atoms with Crippen LogP contribution in [0.1, 0.15) is 42.4 Å². The summed E-state index contributed by atoms with van der Waals surface area (Å²) in [6.07, 6.45) is 2.01. The Morgan fingerprint density at radius 3 is 2.32 bits per heavy atom. The van der Waals surface area contributed by atoms with Gasteiger partial charge in [0.15, 0.2) is 6.61 Å². The summed E-state index contributed by atoms with van der Waals surface area (Å²) in [6.45, 7) is 3.83. The number of ether oxygens (including phenoxy) is 2. The standard InChI is InChI=1S/C32H38N6O4.2ClH/c1-22(33)37-15-13-25(14-16-37)24-9-11-27(12-10-24)36-30(39)20-38(28-7-4-6-26(18-28)32(34)35)19-23-5-3-8-29(17-23)42-21-31(40)41-2;;/h3-12,17-18,25,33H,13-16,19-21H2,1-2H3,(H3,34,35)(H,36,39);2*1H. The lowest BCUT2D eigenvalue weighted by molar-refractivity contribution is -0.142. The maximum atomic E-state index is 13.2. The van der Waals surface area contributed by atoms with E-state index in [9.17, 15) is 9.59 Å². The second-order valence-electron chi connectivity index (χ2n) is 10.3. The van der Waals surface area contributed by atoms with Crippen LogP contribution in [-0.2, 0) is 20.9 Å². The van der Waals surface area contributed by atoms with Gasteiger partial charge in [-0.05, 0) is 73.2 Å². The van der Waals surface area contributed by atoms with E-state index in [1.54, 1.807) is 24.3 Å². The number of carbonyl (C=O) groups excluding carboxylic acids is 2. The Bertz CT molecular complexity index is 1430. The van der Waals surface area contributed by atoms with Crippen molar-refractivity contribution in [1.82, 2.24) is 4.90 Å². The molecule has 236 valence electrons. The van der Waals surface area contributed by atoms with Gasteiger partial charge in [-0.1, -0.05) is 36.4 Å². The van der Waals surface area contributed by atoms with E-state index in [2.05, 4.69) is 27.1 Å². The molecule has 0 bridgehead atoms. The van der Waals surface area contributed by atoms with Gasteiger partial charge in [-0.3, -0.25) is 15.6 Å². The summed E-state index contributed by atoms with van der Waals surface area (Å²) in [4.78, 5) is 28.7. The average Bonchev–Trinajstić information content (AvgIpc) is 3.00. The monoisotopic (exact) mass is 642 g/mol. The number of amidine groups is 2. The van der Waals surface area contributed by atoms with Gasteiger partial charge >= 0.3 is 5.97 Å². The molecule has 12 heteroatoms. The highest BCUT2D eigenvalue weighted by atomic mass is 35.5. The number of nitrogen functional groups attached to an aromatic ring is 1. The highest BCUT2D eigenvalue weighted by Gasteiger charge is 2.21. The van der Waals surface area contributed by atoms with Crippen LogP contribution in [0.2, 0.25) is 0 Å². The quantitative estimate of drug-likeness (QED) is 0.128. The molecule has 0 unspecified atom stereocenters. The molecule has 3 aromatic rings. The normalized spacial score (nSPS) is 12.6. The number of hydrogen-bond donors (Lipinski definition) is 4. The number of hydrogen-bond acceptors (Lipinski definition) is 7. The number of nitrogens with two attached hydrogens (primary N) is 1. The van der Waals surface area contributed by atoms with Crippen LogP contribution in [0.3, 0.4) is 0 Å². The van der Waals surface area contributed by atoms with Crippen molar-refractivity contribution in [3.8, 4) is 5.75 Å². The van der Waals surface area contributed by atoms with E-state index < -0.39 is 5.97 Å². The summed E-state index contributed by atoms with van der Waals surface area (Å²) in [6, 6.07) is 22.5. The number of likely N-dealkylation sites (tertiary alicyclic amines) is 1. The summed E-state index contributed by atoms with van der Waals surface area (Å²) in [5.41, 5.74) is 9.86. The van der Waals surface area contributed by atoms with Crippen molar-refractivity contribution in [2.75, 3.05) is 43.6 Å². The van der Waals surface area contributed by atoms with E-state index in [0.717, 1.165) is 37.2 Å². The molecule has 4 rings (SSSR count). The minimum atomic E-state index is -0.476. The molecule has 1 amide bonds. The first-order valence-corrected chi connectivity index (χ1v) is 13.9. The smallest absolute Gasteiger partial charge is 0.343 e. The lowest BCUT2D eigenvalue weighted by Crippen LogP contribution is -2.36. The molecule has 1 fully saturated rings. The summed E-state index contributed by atoms with van der Waals surface area (Å²) < 4.78 is 10.2. The van der Waals surface area contributed by atoms with E-state index in [-0.39, 0.29) is 49.7 Å². The summed E-state index contributed by atoms with van der Waals surface area (Å²) in [5.74, 6) is 0.853. The minimum absolute atomic E-state index is 0. The molecular formula is C32H40Cl2N6O4. The Balaban J connectivity index is 0.00000337. The van der Waals surface area contributed by atoms with Crippen LogP contribution >= 0.6 is 24.8 Å². The largest absolute Gasteiger partial charge is 0.482 e. The number of nitrogens with one attached hydrogen (secondary N) is 3. The Morgan fingerprint density at radius 1 is 1.00 bits per heavy atom. The highest BCUT2D eigenvalue weighted by molar-refractivity contribution is 5.97. The van der Waals surface area contributed by atoms with Crippen molar-refractivity contribution in [3.63, 3.8) is 0 Å². The topological polar surface area (TPSA) is 145 Å². The van der Waals surface area contributed by atoms with Crippen LogP contribution < -0.4 is 20.7 Å². The zero-order valence-electron chi connectivity index (χ0n) is 24.9. The number of piperidine rings is 1. The van der Waals surface area contributed by atoms with E-state index in [1.807, 2.05) is 48.2 Å². The minimum Gasteiger partial charge on any atom is -0.482 e. The molecule has 1 aliphatic rings. The zero-order chi connectivity index (χ0) is 30.1. The molecule has 0 spiro atoms. The van der Waals surface area contributed by atoms with Gasteiger partial charge in [0.25, 0.3) is 0 Å². The first-order chi connectivity index (χ1) is 20.2. The van der Waals surface area contributed by atoms with Gasteiger partial charge in [0.2, 0.25) is 5.91 Å². The Morgan fingerprint density at radius 2 is 1.68 bits per heavy atom. The molecule has 0 atom stereocenters. The zero-order valence-corrected chi connectivity index (χ0v) is 26.5. The van der Waals surface area contributed by atoms with Crippen LogP contribution in [0, 0.1) is 10.8 Å². The molecule has 1 saturated heterocycles. The number of methoxy groups -OCH3 is 1. The molecule has 0 aliphatic carbocycles. The number of anilines is 2. The van der Waals surface area contributed by atoms with Gasteiger partial charge < -0.3 is 30.3 Å². The number of carbonyl (C=O) groups is 2. The number of rotatable bonds is 11.